The van der Waals surface area contributed by atoms with Crippen LogP contribution in [0.15, 0.2) is 127 Å². The van der Waals surface area contributed by atoms with Gasteiger partial charge >= 0.3 is 0 Å². The first kappa shape index (κ1) is 26.9. The highest BCUT2D eigenvalue weighted by atomic mass is 14.9. The number of nitrogens with zero attached hydrogens (tertiary/aromatic N) is 3. The van der Waals surface area contributed by atoms with Gasteiger partial charge in [0.25, 0.3) is 0 Å². The van der Waals surface area contributed by atoms with E-state index in [1.54, 1.807) is 0 Å². The van der Waals surface area contributed by atoms with E-state index in [4.69, 9.17) is 15.0 Å². The van der Waals surface area contributed by atoms with Gasteiger partial charge in [-0.1, -0.05) is 110 Å². The van der Waals surface area contributed by atoms with Crippen LogP contribution in [0.1, 0.15) is 33.6 Å². The zero-order chi connectivity index (χ0) is 30.5. The highest BCUT2D eigenvalue weighted by Crippen LogP contribution is 2.34. The summed E-state index contributed by atoms with van der Waals surface area (Å²) in [4.78, 5) is 15.0. The Morgan fingerprint density at radius 1 is 0.556 bits per heavy atom. The molecule has 0 aliphatic heterocycles. The molecule has 3 nitrogen and oxygen atoms in total. The van der Waals surface area contributed by atoms with Gasteiger partial charge in [0.05, 0.1) is 11.2 Å². The van der Waals surface area contributed by atoms with Gasteiger partial charge in [0.15, 0.2) is 5.82 Å². The number of hydrogen-bond donors (Lipinski definition) is 0. The predicted molar refractivity (Wildman–Crippen MR) is 185 cm³/mol. The van der Waals surface area contributed by atoms with Crippen LogP contribution >= 0.6 is 0 Å². The normalized spacial score (nSPS) is 12.2. The zero-order valence-corrected chi connectivity index (χ0v) is 25.4. The first-order valence-electron chi connectivity index (χ1n) is 15.4. The quantitative estimate of drug-likeness (QED) is 0.212. The highest BCUT2D eigenvalue weighted by molar-refractivity contribution is 5.94. The fraction of sp³-hybridized carbons (Fsp3) is 0.0714. The SMILES string of the molecule is C=c1c2cccc1=C(c1cccc(-c3nc(-c4cccc(-c5ccc(C)nc5C)c4)c4ccccc4n3)c1)c1ccccc1C2. The molecule has 0 unspecified atom stereocenters. The van der Waals surface area contributed by atoms with E-state index in [-0.39, 0.29) is 0 Å². The first-order chi connectivity index (χ1) is 22.0. The van der Waals surface area contributed by atoms with Gasteiger partial charge in [-0.2, -0.15) is 0 Å². The van der Waals surface area contributed by atoms with Gasteiger partial charge in [-0.15, -0.1) is 0 Å². The van der Waals surface area contributed by atoms with Crippen molar-refractivity contribution in [3.63, 3.8) is 0 Å². The van der Waals surface area contributed by atoms with E-state index < -0.39 is 0 Å². The van der Waals surface area contributed by atoms with Gasteiger partial charge in [-0.25, -0.2) is 9.97 Å². The molecule has 2 heterocycles. The maximum absolute atomic E-state index is 5.26. The Kier molecular flexibility index (Phi) is 6.46. The van der Waals surface area contributed by atoms with Crippen LogP contribution in [0.25, 0.3) is 56.8 Å². The molecule has 0 atom stereocenters. The summed E-state index contributed by atoms with van der Waals surface area (Å²) in [6.07, 6.45) is 0.875. The molecule has 0 saturated carbocycles. The zero-order valence-electron chi connectivity index (χ0n) is 25.4. The van der Waals surface area contributed by atoms with Crippen LogP contribution in [0, 0.1) is 13.8 Å². The molecule has 0 fully saturated rings. The largest absolute Gasteiger partial charge is 0.258 e. The first-order valence-corrected chi connectivity index (χ1v) is 15.4. The van der Waals surface area contributed by atoms with Crippen molar-refractivity contribution < 1.29 is 0 Å². The van der Waals surface area contributed by atoms with Crippen molar-refractivity contribution in [1.29, 1.82) is 0 Å². The van der Waals surface area contributed by atoms with Crippen LogP contribution in [0.3, 0.4) is 0 Å². The minimum Gasteiger partial charge on any atom is -0.258 e. The lowest BCUT2D eigenvalue weighted by Crippen LogP contribution is -2.28. The Morgan fingerprint density at radius 2 is 1.27 bits per heavy atom. The Labute approximate surface area is 262 Å². The minimum absolute atomic E-state index is 0.704. The molecule has 2 bridgehead atoms. The van der Waals surface area contributed by atoms with Crippen LogP contribution < -0.4 is 10.4 Å². The molecule has 5 aromatic carbocycles. The maximum atomic E-state index is 5.26. The lowest BCUT2D eigenvalue weighted by atomic mass is 9.91. The van der Waals surface area contributed by atoms with E-state index in [9.17, 15) is 0 Å². The number of fused-ring (bicyclic) bond motifs is 4. The molecule has 2 aromatic heterocycles. The fourth-order valence-corrected chi connectivity index (χ4v) is 6.68. The third-order valence-electron chi connectivity index (χ3n) is 8.89. The standard InChI is InChI=1S/C42H31N3/c1-26-21-22-36(28(3)43-26)30-13-8-15-33(24-30)41-38-18-6-7-20-39(38)44-42(45-41)34-16-9-14-32(25-34)40-35-19-10-12-29(27(35)2)23-31-11-4-5-17-37(31)40/h4-22,24-25H,2,23H2,1,3H3. The van der Waals surface area contributed by atoms with Crippen molar-refractivity contribution in [2.24, 2.45) is 0 Å². The van der Waals surface area contributed by atoms with Crippen molar-refractivity contribution in [3.05, 3.63) is 171 Å². The molecule has 1 aliphatic carbocycles. The summed E-state index contributed by atoms with van der Waals surface area (Å²) in [5.74, 6) is 0.704. The summed E-state index contributed by atoms with van der Waals surface area (Å²) in [6, 6.07) is 45.0. The lowest BCUT2D eigenvalue weighted by molar-refractivity contribution is 1.13. The van der Waals surface area contributed by atoms with E-state index in [0.717, 1.165) is 67.4 Å². The van der Waals surface area contributed by atoms with Crippen LogP contribution in [0.4, 0.5) is 0 Å². The van der Waals surface area contributed by atoms with E-state index in [1.165, 1.54) is 27.5 Å². The molecule has 214 valence electrons. The van der Waals surface area contributed by atoms with Crippen molar-refractivity contribution in [2.75, 3.05) is 0 Å². The number of aromatic nitrogens is 3. The van der Waals surface area contributed by atoms with Crippen molar-refractivity contribution in [3.8, 4) is 33.8 Å². The molecule has 45 heavy (non-hydrogen) atoms. The number of para-hydroxylation sites is 1. The van der Waals surface area contributed by atoms with Crippen molar-refractivity contribution in [2.45, 2.75) is 20.3 Å². The number of rotatable bonds is 4. The smallest absolute Gasteiger partial charge is 0.160 e. The molecule has 0 spiro atoms. The van der Waals surface area contributed by atoms with E-state index >= 15 is 0 Å². The second-order valence-corrected chi connectivity index (χ2v) is 11.8. The van der Waals surface area contributed by atoms with Gasteiger partial charge in [-0.05, 0) is 88.4 Å². The van der Waals surface area contributed by atoms with Crippen LogP contribution in [0.5, 0.6) is 0 Å². The summed E-state index contributed by atoms with van der Waals surface area (Å²) >= 11 is 0. The third kappa shape index (κ3) is 4.74. The summed E-state index contributed by atoms with van der Waals surface area (Å²) in [7, 11) is 0. The fourth-order valence-electron chi connectivity index (χ4n) is 6.68. The molecule has 3 heteroatoms. The second-order valence-electron chi connectivity index (χ2n) is 11.8. The van der Waals surface area contributed by atoms with Crippen molar-refractivity contribution in [1.82, 2.24) is 15.0 Å². The molecule has 0 amide bonds. The Hall–Kier alpha value is -5.67. The van der Waals surface area contributed by atoms with Crippen LogP contribution in [0.2, 0.25) is 0 Å². The molecule has 0 N–H and O–H groups in total. The third-order valence-corrected chi connectivity index (χ3v) is 8.89. The average molecular weight is 578 g/mol. The number of pyridine rings is 1. The van der Waals surface area contributed by atoms with E-state index in [0.29, 0.717) is 5.82 Å². The molecule has 8 rings (SSSR count). The lowest BCUT2D eigenvalue weighted by Gasteiger charge is -2.14. The molecule has 1 aliphatic rings. The summed E-state index contributed by atoms with van der Waals surface area (Å²) in [5, 5.41) is 3.29. The summed E-state index contributed by atoms with van der Waals surface area (Å²) < 4.78 is 0. The van der Waals surface area contributed by atoms with Gasteiger partial charge in [0, 0.05) is 33.5 Å². The van der Waals surface area contributed by atoms with Crippen LogP contribution in [-0.4, -0.2) is 15.0 Å². The number of benzene rings is 5. The Balaban J connectivity index is 1.31. The van der Waals surface area contributed by atoms with Crippen molar-refractivity contribution >= 4 is 23.1 Å². The molecular weight excluding hydrogens is 546 g/mol. The molecule has 0 saturated heterocycles. The van der Waals surface area contributed by atoms with Gasteiger partial charge in [0.2, 0.25) is 0 Å². The van der Waals surface area contributed by atoms with Gasteiger partial charge < -0.3 is 0 Å². The van der Waals surface area contributed by atoms with Gasteiger partial charge in [0.1, 0.15) is 0 Å². The average Bonchev–Trinajstić information content (AvgIpc) is 3.12. The molecule has 0 radical (unpaired) electrons. The van der Waals surface area contributed by atoms with E-state index in [2.05, 4.69) is 135 Å². The van der Waals surface area contributed by atoms with Gasteiger partial charge in [-0.3, -0.25) is 4.98 Å². The number of hydrogen-bond acceptors (Lipinski definition) is 3. The Morgan fingerprint density at radius 3 is 2.16 bits per heavy atom. The Bertz CT molecular complexity index is 2400. The van der Waals surface area contributed by atoms with E-state index in [1.807, 2.05) is 13.0 Å². The summed E-state index contributed by atoms with van der Waals surface area (Å²) in [5.41, 5.74) is 14.3. The maximum Gasteiger partial charge on any atom is 0.160 e. The molecular formula is C42H31N3. The predicted octanol–water partition coefficient (Wildman–Crippen LogP) is 8.20. The second kappa shape index (κ2) is 10.8. The number of aryl methyl sites for hydroxylation is 2. The highest BCUT2D eigenvalue weighted by Gasteiger charge is 2.18. The molecule has 7 aromatic rings. The monoisotopic (exact) mass is 577 g/mol. The summed E-state index contributed by atoms with van der Waals surface area (Å²) in [6.45, 7) is 8.60. The topological polar surface area (TPSA) is 38.7 Å². The minimum atomic E-state index is 0.704. The van der Waals surface area contributed by atoms with Crippen LogP contribution in [-0.2, 0) is 6.42 Å².